The Morgan fingerprint density at radius 1 is 1.11 bits per heavy atom. The van der Waals surface area contributed by atoms with Gasteiger partial charge in [0.2, 0.25) is 0 Å². The van der Waals surface area contributed by atoms with Crippen LogP contribution in [0.3, 0.4) is 0 Å². The molecule has 0 aliphatic carbocycles. The van der Waals surface area contributed by atoms with E-state index in [0.717, 1.165) is 0 Å². The molecular formula is C17H24Ge. The Morgan fingerprint density at radius 2 is 1.67 bits per heavy atom. The van der Waals surface area contributed by atoms with E-state index in [4.69, 9.17) is 0 Å². The molecule has 0 fully saturated rings. The van der Waals surface area contributed by atoms with Crippen LogP contribution in [0.25, 0.3) is 5.57 Å². The second kappa shape index (κ2) is 7.46. The van der Waals surface area contributed by atoms with E-state index >= 15 is 0 Å². The zero-order valence-corrected chi connectivity index (χ0v) is 14.0. The normalized spacial score (nSPS) is 12.1. The number of rotatable bonds is 6. The molecule has 0 amide bonds. The summed E-state index contributed by atoms with van der Waals surface area (Å²) < 4.78 is 0. The number of hydrogen-bond acceptors (Lipinski definition) is 0. The van der Waals surface area contributed by atoms with Crippen molar-refractivity contribution >= 4 is 18.8 Å². The Labute approximate surface area is 114 Å². The molecule has 96 valence electrons. The third-order valence-electron chi connectivity index (χ3n) is 3.94. The van der Waals surface area contributed by atoms with Crippen LogP contribution in [-0.2, 0) is 0 Å². The molecule has 0 aliphatic rings. The van der Waals surface area contributed by atoms with Crippen molar-refractivity contribution in [2.75, 3.05) is 0 Å². The van der Waals surface area contributed by atoms with E-state index in [1.807, 2.05) is 6.08 Å². The van der Waals surface area contributed by atoms with E-state index in [2.05, 4.69) is 68.3 Å². The Balaban J connectivity index is 3.24. The van der Waals surface area contributed by atoms with Gasteiger partial charge in [-0.05, 0) is 0 Å². The van der Waals surface area contributed by atoms with Gasteiger partial charge < -0.3 is 0 Å². The van der Waals surface area contributed by atoms with Crippen LogP contribution >= 0.6 is 0 Å². The molecule has 0 nitrogen and oxygen atoms in total. The summed E-state index contributed by atoms with van der Waals surface area (Å²) in [6.45, 7) is 10.8. The average Bonchev–Trinajstić information content (AvgIpc) is 2.45. The van der Waals surface area contributed by atoms with E-state index < -0.39 is 13.3 Å². The van der Waals surface area contributed by atoms with Crippen molar-refractivity contribution in [1.82, 2.24) is 0 Å². The van der Waals surface area contributed by atoms with Crippen LogP contribution in [0.4, 0.5) is 0 Å². The summed E-state index contributed by atoms with van der Waals surface area (Å²) in [5, 5.41) is 4.07. The molecule has 0 N–H and O–H groups in total. The molecule has 0 aliphatic heterocycles. The van der Waals surface area contributed by atoms with Gasteiger partial charge in [0.05, 0.1) is 0 Å². The van der Waals surface area contributed by atoms with Gasteiger partial charge in [0.1, 0.15) is 0 Å². The molecule has 0 heterocycles. The molecule has 0 bridgehead atoms. The molecule has 0 aromatic heterocycles. The number of benzene rings is 1. The second-order valence-corrected chi connectivity index (χ2v) is 15.5. The van der Waals surface area contributed by atoms with Gasteiger partial charge in [-0.15, -0.1) is 0 Å². The zero-order valence-electron chi connectivity index (χ0n) is 11.9. The molecule has 0 saturated heterocycles. The van der Waals surface area contributed by atoms with E-state index in [-0.39, 0.29) is 0 Å². The van der Waals surface area contributed by atoms with Crippen LogP contribution in [0.1, 0.15) is 26.3 Å². The Kier molecular flexibility index (Phi) is 6.25. The summed E-state index contributed by atoms with van der Waals surface area (Å²) in [6.07, 6.45) is 2.04. The van der Waals surface area contributed by atoms with Gasteiger partial charge in [-0.1, -0.05) is 0 Å². The molecular weight excluding hydrogens is 277 g/mol. The Morgan fingerprint density at radius 3 is 2.11 bits per heavy atom. The number of hydrogen-bond donors (Lipinski definition) is 0. The zero-order chi connectivity index (χ0) is 13.4. The van der Waals surface area contributed by atoms with E-state index in [1.165, 1.54) is 26.9 Å². The van der Waals surface area contributed by atoms with Gasteiger partial charge in [-0.25, -0.2) is 0 Å². The fourth-order valence-electron chi connectivity index (χ4n) is 2.33. The van der Waals surface area contributed by atoms with Gasteiger partial charge in [-0.2, -0.15) is 0 Å². The first-order valence-corrected chi connectivity index (χ1v) is 12.5. The van der Waals surface area contributed by atoms with Crippen molar-refractivity contribution in [1.29, 1.82) is 0 Å². The molecule has 0 saturated carbocycles. The Bertz CT molecular complexity index is 424. The van der Waals surface area contributed by atoms with Crippen LogP contribution in [-0.4, -0.2) is 13.3 Å². The Hall–Kier alpha value is -0.977. The van der Waals surface area contributed by atoms with Gasteiger partial charge in [0.15, 0.2) is 0 Å². The summed E-state index contributed by atoms with van der Waals surface area (Å²) in [7, 11) is 0. The first-order chi connectivity index (χ1) is 8.71. The second-order valence-electron chi connectivity index (χ2n) is 4.74. The summed E-state index contributed by atoms with van der Waals surface area (Å²) in [6, 6.07) is 10.6. The van der Waals surface area contributed by atoms with Crippen LogP contribution in [0.5, 0.6) is 0 Å². The van der Waals surface area contributed by atoms with Crippen molar-refractivity contribution in [3.8, 4) is 0 Å². The molecule has 1 aromatic rings. The fraction of sp³-hybridized carbons (Fsp3) is 0.353. The number of allylic oxidation sites excluding steroid dienone is 2. The van der Waals surface area contributed by atoms with E-state index in [9.17, 15) is 0 Å². The summed E-state index contributed by atoms with van der Waals surface area (Å²) >= 11 is -1.80. The van der Waals surface area contributed by atoms with Gasteiger partial charge in [-0.3, -0.25) is 0 Å². The van der Waals surface area contributed by atoms with Crippen molar-refractivity contribution in [2.24, 2.45) is 0 Å². The summed E-state index contributed by atoms with van der Waals surface area (Å²) in [5.74, 6) is 0. The van der Waals surface area contributed by atoms with Crippen LogP contribution in [0.2, 0.25) is 15.8 Å². The first-order valence-electron chi connectivity index (χ1n) is 6.85. The molecule has 1 rings (SSSR count). The SMILES string of the molecule is C=C=C/C(=[CH]\[Ge]([CH2]C)([CH2]C)[CH2]C)c1ccccc1. The van der Waals surface area contributed by atoms with Gasteiger partial charge in [0.25, 0.3) is 0 Å². The van der Waals surface area contributed by atoms with Gasteiger partial charge in [0, 0.05) is 0 Å². The maximum absolute atomic E-state index is 3.73. The van der Waals surface area contributed by atoms with Crippen molar-refractivity contribution in [3.05, 3.63) is 59.2 Å². The van der Waals surface area contributed by atoms with E-state index in [1.54, 1.807) is 0 Å². The van der Waals surface area contributed by atoms with Crippen molar-refractivity contribution < 1.29 is 0 Å². The minimum absolute atomic E-state index is 1.29. The molecule has 1 aromatic carbocycles. The fourth-order valence-corrected chi connectivity index (χ4v) is 8.68. The molecule has 0 radical (unpaired) electrons. The standard InChI is InChI=1S/C17H24Ge/c1-5-12-17(16-13-10-9-11-14-16)15-18(6-2,7-3)8-4/h9-15H,1,6-8H2,2-4H3/b17-15+. The summed E-state index contributed by atoms with van der Waals surface area (Å²) in [5.41, 5.74) is 5.55. The predicted molar refractivity (Wildman–Crippen MR) is 85.3 cm³/mol. The van der Waals surface area contributed by atoms with E-state index in [0.29, 0.717) is 0 Å². The van der Waals surface area contributed by atoms with Gasteiger partial charge >= 0.3 is 115 Å². The van der Waals surface area contributed by atoms with Crippen molar-refractivity contribution in [2.45, 2.75) is 36.5 Å². The molecule has 18 heavy (non-hydrogen) atoms. The summed E-state index contributed by atoms with van der Waals surface area (Å²) in [4.78, 5) is 2.59. The average molecular weight is 301 g/mol. The predicted octanol–water partition coefficient (Wildman–Crippen LogP) is 5.46. The van der Waals surface area contributed by atoms with Crippen LogP contribution in [0.15, 0.2) is 53.6 Å². The third-order valence-corrected chi connectivity index (χ3v) is 14.7. The molecule has 1 heteroatoms. The molecule has 0 atom stereocenters. The molecule has 0 spiro atoms. The molecule has 0 unspecified atom stereocenters. The quantitative estimate of drug-likeness (QED) is 0.372. The topological polar surface area (TPSA) is 0 Å². The first kappa shape index (κ1) is 15.1. The third kappa shape index (κ3) is 3.76. The van der Waals surface area contributed by atoms with Crippen LogP contribution in [0, 0.1) is 0 Å². The maximum atomic E-state index is 3.73. The van der Waals surface area contributed by atoms with Crippen molar-refractivity contribution in [3.63, 3.8) is 0 Å². The minimum atomic E-state index is -1.80. The van der Waals surface area contributed by atoms with Crippen LogP contribution < -0.4 is 0 Å². The monoisotopic (exact) mass is 302 g/mol.